The third-order valence-electron chi connectivity index (χ3n) is 5.56. The number of nitrogens with zero attached hydrogens (tertiary/aromatic N) is 2. The number of hydrogen-bond donors (Lipinski definition) is 4. The van der Waals surface area contributed by atoms with Gasteiger partial charge in [-0.15, -0.1) is 0 Å². The number of phenolic OH excluding ortho intramolecular Hbond substituents is 2. The van der Waals surface area contributed by atoms with Gasteiger partial charge in [0.1, 0.15) is 17.2 Å². The monoisotopic (exact) mass is 516 g/mol. The van der Waals surface area contributed by atoms with E-state index in [1.165, 1.54) is 36.2 Å². The molecule has 38 heavy (non-hydrogen) atoms. The number of aromatic hydroxyl groups is 2. The molecular formula is C29H32N4O5. The molecule has 1 unspecified atom stereocenters. The third-order valence-corrected chi connectivity index (χ3v) is 5.56. The van der Waals surface area contributed by atoms with Gasteiger partial charge < -0.3 is 14.9 Å². The van der Waals surface area contributed by atoms with Gasteiger partial charge in [-0.25, -0.2) is 10.9 Å². The molecule has 0 aliphatic heterocycles. The number of hydrogen-bond acceptors (Lipinski definition) is 7. The van der Waals surface area contributed by atoms with Gasteiger partial charge in [0.25, 0.3) is 5.91 Å². The van der Waals surface area contributed by atoms with Gasteiger partial charge in [-0.2, -0.15) is 10.2 Å². The largest absolute Gasteiger partial charge is 0.508 e. The van der Waals surface area contributed by atoms with Crippen LogP contribution in [0.4, 0.5) is 0 Å². The number of ether oxygens (including phenoxy) is 1. The summed E-state index contributed by atoms with van der Waals surface area (Å²) in [5, 5.41) is 26.8. The molecule has 0 aromatic heterocycles. The van der Waals surface area contributed by atoms with Gasteiger partial charge in [0.15, 0.2) is 6.61 Å². The first-order valence-corrected chi connectivity index (χ1v) is 12.2. The maximum Gasteiger partial charge on any atom is 0.277 e. The van der Waals surface area contributed by atoms with Gasteiger partial charge in [-0.1, -0.05) is 38.1 Å². The van der Waals surface area contributed by atoms with Crippen molar-refractivity contribution in [1.82, 2.24) is 10.9 Å². The first-order valence-electron chi connectivity index (χ1n) is 12.2. The lowest BCUT2D eigenvalue weighted by molar-refractivity contribution is -0.123. The summed E-state index contributed by atoms with van der Waals surface area (Å²) in [6.07, 6.45) is 3.79. The van der Waals surface area contributed by atoms with E-state index in [1.54, 1.807) is 24.3 Å². The van der Waals surface area contributed by atoms with E-state index in [0.717, 1.165) is 17.5 Å². The number of carbonyl (C=O) groups excluding carboxylic acids is 2. The fraction of sp³-hybridized carbons (Fsp3) is 0.241. The van der Waals surface area contributed by atoms with E-state index in [1.807, 2.05) is 19.1 Å². The van der Waals surface area contributed by atoms with Gasteiger partial charge in [0.2, 0.25) is 5.91 Å². The molecular weight excluding hydrogens is 484 g/mol. The molecule has 0 fully saturated rings. The number of hydrazone groups is 2. The van der Waals surface area contributed by atoms with E-state index in [4.69, 9.17) is 4.74 Å². The number of phenols is 2. The SMILES string of the molecule is CC(C)Cc1ccc(C(C)C(=O)N/N=C/c2ccc(OCC(=O)N/N=C/c3ccc(O)cc3O)cc2)cc1. The fourth-order valence-electron chi connectivity index (χ4n) is 3.48. The summed E-state index contributed by atoms with van der Waals surface area (Å²) in [5.41, 5.74) is 8.13. The smallest absolute Gasteiger partial charge is 0.277 e. The van der Waals surface area contributed by atoms with Crippen molar-refractivity contribution in [2.75, 3.05) is 6.61 Å². The van der Waals surface area contributed by atoms with Gasteiger partial charge in [0, 0.05) is 11.6 Å². The zero-order valence-electron chi connectivity index (χ0n) is 21.6. The molecule has 3 aromatic carbocycles. The van der Waals surface area contributed by atoms with Crippen LogP contribution in [0.1, 0.15) is 48.9 Å². The molecule has 9 heteroatoms. The topological polar surface area (TPSA) is 133 Å². The minimum absolute atomic E-state index is 0.0766. The number of nitrogens with one attached hydrogen (secondary N) is 2. The van der Waals surface area contributed by atoms with E-state index in [2.05, 4.69) is 47.0 Å². The molecule has 1 atom stereocenters. The summed E-state index contributed by atoms with van der Waals surface area (Å²) >= 11 is 0. The van der Waals surface area contributed by atoms with E-state index in [9.17, 15) is 19.8 Å². The first-order chi connectivity index (χ1) is 18.2. The Balaban J connectivity index is 1.42. The molecule has 0 saturated carbocycles. The lowest BCUT2D eigenvalue weighted by Crippen LogP contribution is -2.24. The summed E-state index contributed by atoms with van der Waals surface area (Å²) in [5.74, 6) is -0.218. The van der Waals surface area contributed by atoms with Crippen LogP contribution in [0.25, 0.3) is 0 Å². The Kier molecular flexibility index (Phi) is 9.99. The maximum atomic E-state index is 12.5. The van der Waals surface area contributed by atoms with Crippen molar-refractivity contribution in [1.29, 1.82) is 0 Å². The second-order valence-electron chi connectivity index (χ2n) is 9.19. The molecule has 9 nitrogen and oxygen atoms in total. The number of benzene rings is 3. The van der Waals surface area contributed by atoms with Crippen LogP contribution in [0.5, 0.6) is 17.2 Å². The van der Waals surface area contributed by atoms with Crippen LogP contribution >= 0.6 is 0 Å². The van der Waals surface area contributed by atoms with Crippen molar-refractivity contribution < 1.29 is 24.5 Å². The van der Waals surface area contributed by atoms with Crippen molar-refractivity contribution in [2.45, 2.75) is 33.1 Å². The molecule has 0 bridgehead atoms. The predicted molar refractivity (Wildman–Crippen MR) is 147 cm³/mol. The summed E-state index contributed by atoms with van der Waals surface area (Å²) in [6, 6.07) is 18.9. The van der Waals surface area contributed by atoms with Crippen LogP contribution in [0.3, 0.4) is 0 Å². The lowest BCUT2D eigenvalue weighted by atomic mass is 9.96. The predicted octanol–water partition coefficient (Wildman–Crippen LogP) is 4.08. The van der Waals surface area contributed by atoms with Crippen molar-refractivity contribution in [2.24, 2.45) is 16.1 Å². The first kappa shape index (κ1) is 27.9. The quantitative estimate of drug-likeness (QED) is 0.225. The summed E-state index contributed by atoms with van der Waals surface area (Å²) in [6.45, 7) is 5.93. The Morgan fingerprint density at radius 1 is 0.895 bits per heavy atom. The highest BCUT2D eigenvalue weighted by atomic mass is 16.5. The van der Waals surface area contributed by atoms with Crippen LogP contribution in [0, 0.1) is 5.92 Å². The summed E-state index contributed by atoms with van der Waals surface area (Å²) in [4.78, 5) is 24.4. The average Bonchev–Trinajstić information content (AvgIpc) is 2.89. The molecule has 0 radical (unpaired) electrons. The molecule has 0 saturated heterocycles. The van der Waals surface area contributed by atoms with Gasteiger partial charge in [0.05, 0.1) is 18.3 Å². The Labute approximate surface area is 221 Å². The second kappa shape index (κ2) is 13.6. The van der Waals surface area contributed by atoms with Gasteiger partial charge in [-0.3, -0.25) is 9.59 Å². The van der Waals surface area contributed by atoms with E-state index >= 15 is 0 Å². The third kappa shape index (κ3) is 8.77. The Morgan fingerprint density at radius 3 is 2.24 bits per heavy atom. The van der Waals surface area contributed by atoms with Crippen LogP contribution in [0.15, 0.2) is 76.9 Å². The molecule has 0 spiro atoms. The van der Waals surface area contributed by atoms with Crippen molar-refractivity contribution in [3.63, 3.8) is 0 Å². The Morgan fingerprint density at radius 2 is 1.58 bits per heavy atom. The maximum absolute atomic E-state index is 12.5. The van der Waals surface area contributed by atoms with E-state index < -0.39 is 5.91 Å². The molecule has 198 valence electrons. The molecule has 3 aromatic rings. The van der Waals surface area contributed by atoms with Gasteiger partial charge >= 0.3 is 0 Å². The second-order valence-corrected chi connectivity index (χ2v) is 9.19. The van der Waals surface area contributed by atoms with Crippen LogP contribution < -0.4 is 15.6 Å². The molecule has 4 N–H and O–H groups in total. The molecule has 3 rings (SSSR count). The molecule has 2 amide bonds. The number of rotatable bonds is 11. The van der Waals surface area contributed by atoms with Crippen molar-refractivity contribution >= 4 is 24.2 Å². The van der Waals surface area contributed by atoms with Gasteiger partial charge in [-0.05, 0) is 72.4 Å². The molecule has 0 heterocycles. The highest BCUT2D eigenvalue weighted by molar-refractivity contribution is 5.86. The minimum Gasteiger partial charge on any atom is -0.508 e. The van der Waals surface area contributed by atoms with E-state index in [-0.39, 0.29) is 29.9 Å². The lowest BCUT2D eigenvalue weighted by Gasteiger charge is -2.11. The zero-order chi connectivity index (χ0) is 27.5. The molecule has 0 aliphatic carbocycles. The minimum atomic E-state index is -0.489. The van der Waals surface area contributed by atoms with Crippen molar-refractivity contribution in [3.8, 4) is 17.2 Å². The van der Waals surface area contributed by atoms with Crippen LogP contribution in [-0.2, 0) is 16.0 Å². The Hall–Kier alpha value is -4.66. The zero-order valence-corrected chi connectivity index (χ0v) is 21.6. The number of carbonyl (C=O) groups is 2. The standard InChI is InChI=1S/C29H32N4O5/c1-19(2)14-21-4-8-23(9-5-21)20(3)29(37)33-30-16-22-6-12-26(13-7-22)38-18-28(36)32-31-17-24-10-11-25(34)15-27(24)35/h4-13,15-17,19-20,34-35H,14,18H2,1-3H3,(H,32,36)(H,33,37)/b30-16+,31-17+. The van der Waals surface area contributed by atoms with E-state index in [0.29, 0.717) is 17.2 Å². The molecule has 0 aliphatic rings. The van der Waals surface area contributed by atoms with Crippen LogP contribution in [0.2, 0.25) is 0 Å². The fourth-order valence-corrected chi connectivity index (χ4v) is 3.48. The highest BCUT2D eigenvalue weighted by Gasteiger charge is 2.14. The highest BCUT2D eigenvalue weighted by Crippen LogP contribution is 2.21. The normalized spacial score (nSPS) is 12.1. The van der Waals surface area contributed by atoms with Crippen LogP contribution in [-0.4, -0.2) is 41.1 Å². The van der Waals surface area contributed by atoms with Crippen molar-refractivity contribution in [3.05, 3.63) is 89.0 Å². The number of amides is 2. The summed E-state index contributed by atoms with van der Waals surface area (Å²) < 4.78 is 5.43. The average molecular weight is 517 g/mol. The summed E-state index contributed by atoms with van der Waals surface area (Å²) in [7, 11) is 0. The Bertz CT molecular complexity index is 1290.